The van der Waals surface area contributed by atoms with Crippen molar-refractivity contribution in [2.75, 3.05) is 26.2 Å². The average molecular weight is 339 g/mol. The van der Waals surface area contributed by atoms with Crippen molar-refractivity contribution in [1.82, 2.24) is 10.2 Å². The molecule has 0 spiro atoms. The van der Waals surface area contributed by atoms with Gasteiger partial charge in [0.05, 0.1) is 11.1 Å². The number of benzene rings is 1. The highest BCUT2D eigenvalue weighted by atomic mass is 35.5. The van der Waals surface area contributed by atoms with Crippen molar-refractivity contribution < 1.29 is 22.4 Å². The summed E-state index contributed by atoms with van der Waals surface area (Å²) in [6, 6.07) is 2.82. The third-order valence-electron chi connectivity index (χ3n) is 4.21. The summed E-state index contributed by atoms with van der Waals surface area (Å²) < 4.78 is 52.0. The number of hydrogen-bond acceptors (Lipinski definition) is 2. The van der Waals surface area contributed by atoms with Crippen LogP contribution in [0.15, 0.2) is 18.2 Å². The number of fused-ring (bicyclic) bond motifs is 1. The molecule has 0 saturated carbocycles. The largest absolute Gasteiger partial charge is 0.419 e. The number of rotatable bonds is 1. The van der Waals surface area contributed by atoms with Gasteiger partial charge in [-0.25, -0.2) is 4.39 Å². The van der Waals surface area contributed by atoms with Crippen LogP contribution in [0.3, 0.4) is 0 Å². The number of carbonyl (C=O) groups is 1. The van der Waals surface area contributed by atoms with Crippen molar-refractivity contribution >= 4 is 18.3 Å². The molecule has 0 aliphatic carbocycles. The third kappa shape index (κ3) is 2.92. The first-order chi connectivity index (χ1) is 9.88. The van der Waals surface area contributed by atoms with Crippen LogP contribution in [-0.2, 0) is 6.18 Å². The van der Waals surface area contributed by atoms with Crippen LogP contribution in [0.2, 0.25) is 0 Å². The minimum Gasteiger partial charge on any atom is -0.338 e. The fraction of sp³-hybridized carbons (Fsp3) is 0.500. The summed E-state index contributed by atoms with van der Waals surface area (Å²) >= 11 is 0. The zero-order valence-electron chi connectivity index (χ0n) is 11.5. The average Bonchev–Trinajstić information content (AvgIpc) is 2.97. The highest BCUT2D eigenvalue weighted by Crippen LogP contribution is 2.33. The van der Waals surface area contributed by atoms with E-state index in [1.807, 2.05) is 0 Å². The normalized spacial score (nSPS) is 24.1. The molecule has 22 heavy (non-hydrogen) atoms. The fourth-order valence-corrected chi connectivity index (χ4v) is 3.11. The van der Waals surface area contributed by atoms with Crippen LogP contribution >= 0.6 is 12.4 Å². The summed E-state index contributed by atoms with van der Waals surface area (Å²) in [4.78, 5) is 13.7. The molecule has 122 valence electrons. The van der Waals surface area contributed by atoms with Crippen molar-refractivity contribution in [2.24, 2.45) is 11.8 Å². The quantitative estimate of drug-likeness (QED) is 0.798. The van der Waals surface area contributed by atoms with Crippen molar-refractivity contribution in [3.8, 4) is 0 Å². The lowest BCUT2D eigenvalue weighted by Crippen LogP contribution is -2.32. The van der Waals surface area contributed by atoms with Crippen LogP contribution < -0.4 is 5.32 Å². The summed E-state index contributed by atoms with van der Waals surface area (Å²) in [5.41, 5.74) is -1.90. The highest BCUT2D eigenvalue weighted by molar-refractivity contribution is 5.95. The Morgan fingerprint density at radius 2 is 1.77 bits per heavy atom. The topological polar surface area (TPSA) is 32.3 Å². The van der Waals surface area contributed by atoms with Gasteiger partial charge in [-0.2, -0.15) is 13.2 Å². The van der Waals surface area contributed by atoms with Crippen LogP contribution in [-0.4, -0.2) is 37.0 Å². The molecule has 1 aromatic rings. The molecule has 0 unspecified atom stereocenters. The van der Waals surface area contributed by atoms with E-state index in [4.69, 9.17) is 0 Å². The molecule has 1 N–H and O–H groups in total. The number of nitrogens with zero attached hydrogens (tertiary/aromatic N) is 1. The Balaban J connectivity index is 0.00000176. The maximum Gasteiger partial charge on any atom is 0.419 e. The number of amides is 1. The Kier molecular flexibility index (Phi) is 4.67. The van der Waals surface area contributed by atoms with E-state index in [0.29, 0.717) is 31.0 Å². The zero-order valence-corrected chi connectivity index (χ0v) is 12.3. The van der Waals surface area contributed by atoms with Gasteiger partial charge in [0.1, 0.15) is 5.82 Å². The molecule has 2 fully saturated rings. The molecule has 2 saturated heterocycles. The lowest BCUT2D eigenvalue weighted by molar-refractivity contribution is -0.140. The summed E-state index contributed by atoms with van der Waals surface area (Å²) in [5, 5.41) is 3.20. The van der Waals surface area contributed by atoms with E-state index in [1.165, 1.54) is 4.90 Å². The van der Waals surface area contributed by atoms with E-state index in [-0.39, 0.29) is 12.4 Å². The van der Waals surface area contributed by atoms with Gasteiger partial charge in [-0.05, 0) is 24.0 Å². The predicted octanol–water partition coefficient (Wildman–Crippen LogP) is 2.56. The lowest BCUT2D eigenvalue weighted by Gasteiger charge is -2.19. The lowest BCUT2D eigenvalue weighted by atomic mass is 10.0. The minimum atomic E-state index is -4.80. The third-order valence-corrected chi connectivity index (χ3v) is 4.21. The maximum absolute atomic E-state index is 14.0. The van der Waals surface area contributed by atoms with Gasteiger partial charge in [0, 0.05) is 26.2 Å². The molecular formula is C14H15ClF4N2O. The van der Waals surface area contributed by atoms with Crippen molar-refractivity contribution in [2.45, 2.75) is 6.18 Å². The number of alkyl halides is 3. The Bertz CT molecular complexity index is 566. The fourth-order valence-electron chi connectivity index (χ4n) is 3.11. The monoisotopic (exact) mass is 338 g/mol. The van der Waals surface area contributed by atoms with Gasteiger partial charge in [-0.1, -0.05) is 6.07 Å². The van der Waals surface area contributed by atoms with Gasteiger partial charge in [0.25, 0.3) is 5.91 Å². The first-order valence-corrected chi connectivity index (χ1v) is 6.73. The van der Waals surface area contributed by atoms with E-state index in [1.54, 1.807) is 0 Å². The Morgan fingerprint density at radius 3 is 2.32 bits per heavy atom. The predicted molar refractivity (Wildman–Crippen MR) is 74.4 cm³/mol. The molecule has 2 aliphatic rings. The van der Waals surface area contributed by atoms with Crippen LogP contribution in [0.5, 0.6) is 0 Å². The van der Waals surface area contributed by atoms with E-state index >= 15 is 0 Å². The molecular weight excluding hydrogens is 324 g/mol. The smallest absolute Gasteiger partial charge is 0.338 e. The molecule has 8 heteroatoms. The second-order valence-electron chi connectivity index (χ2n) is 5.55. The molecule has 2 heterocycles. The molecule has 2 aliphatic heterocycles. The number of carbonyl (C=O) groups excluding carboxylic acids is 1. The molecule has 2 atom stereocenters. The van der Waals surface area contributed by atoms with Gasteiger partial charge in [0.15, 0.2) is 0 Å². The molecule has 0 aromatic heterocycles. The van der Waals surface area contributed by atoms with Crippen LogP contribution in [0.1, 0.15) is 15.9 Å². The molecule has 0 radical (unpaired) electrons. The zero-order chi connectivity index (χ0) is 15.2. The first kappa shape index (κ1) is 17.0. The van der Waals surface area contributed by atoms with Gasteiger partial charge in [-0.3, -0.25) is 4.79 Å². The summed E-state index contributed by atoms with van der Waals surface area (Å²) in [6.45, 7) is 2.51. The molecule has 1 amide bonds. The Labute approximate surface area is 131 Å². The number of halogens is 5. The summed E-state index contributed by atoms with van der Waals surface area (Å²) in [5.74, 6) is -1.52. The summed E-state index contributed by atoms with van der Waals surface area (Å²) in [7, 11) is 0. The second kappa shape index (κ2) is 6.04. The molecule has 3 rings (SSSR count). The summed E-state index contributed by atoms with van der Waals surface area (Å²) in [6.07, 6.45) is -4.80. The number of likely N-dealkylation sites (tertiary alicyclic amines) is 1. The van der Waals surface area contributed by atoms with Crippen LogP contribution in [0, 0.1) is 17.7 Å². The second-order valence-corrected chi connectivity index (χ2v) is 5.55. The van der Waals surface area contributed by atoms with Gasteiger partial charge >= 0.3 is 6.18 Å². The van der Waals surface area contributed by atoms with Crippen molar-refractivity contribution in [1.29, 1.82) is 0 Å². The first-order valence-electron chi connectivity index (χ1n) is 6.73. The minimum absolute atomic E-state index is 0. The molecule has 3 nitrogen and oxygen atoms in total. The Hall–Kier alpha value is -1.34. The molecule has 1 aromatic carbocycles. The van der Waals surface area contributed by atoms with E-state index in [2.05, 4.69) is 5.32 Å². The van der Waals surface area contributed by atoms with E-state index < -0.39 is 29.0 Å². The van der Waals surface area contributed by atoms with Crippen LogP contribution in [0.25, 0.3) is 0 Å². The maximum atomic E-state index is 14.0. The molecule has 0 bridgehead atoms. The number of nitrogens with one attached hydrogen (secondary N) is 1. The standard InChI is InChI=1S/C14H14F4N2O.ClH/c15-12-10(2-1-3-11(12)14(16,17)18)13(21)20-6-8-4-19-5-9(8)7-20;/h1-3,8-9,19H,4-7H2;1H/t8-,9+;. The van der Waals surface area contributed by atoms with Gasteiger partial charge < -0.3 is 10.2 Å². The van der Waals surface area contributed by atoms with Gasteiger partial charge in [-0.15, -0.1) is 12.4 Å². The van der Waals surface area contributed by atoms with E-state index in [9.17, 15) is 22.4 Å². The number of hydrogen-bond donors (Lipinski definition) is 1. The van der Waals surface area contributed by atoms with E-state index in [0.717, 1.165) is 25.2 Å². The van der Waals surface area contributed by atoms with Crippen LogP contribution in [0.4, 0.5) is 17.6 Å². The highest BCUT2D eigenvalue weighted by Gasteiger charge is 2.40. The van der Waals surface area contributed by atoms with Crippen molar-refractivity contribution in [3.05, 3.63) is 35.1 Å². The van der Waals surface area contributed by atoms with Crippen molar-refractivity contribution in [3.63, 3.8) is 0 Å². The Morgan fingerprint density at radius 1 is 1.18 bits per heavy atom. The van der Waals surface area contributed by atoms with Gasteiger partial charge in [0.2, 0.25) is 0 Å². The SMILES string of the molecule is Cl.O=C(c1cccc(C(F)(F)F)c1F)N1C[C@H]2CNC[C@H]2C1.